The number of nitrogens with zero attached hydrogens (tertiary/aromatic N) is 4. The number of halogens is 1. The zero-order chi connectivity index (χ0) is 21.3. The number of amides is 1. The Balaban J connectivity index is 1.58. The van der Waals surface area contributed by atoms with Gasteiger partial charge in [-0.2, -0.15) is 0 Å². The summed E-state index contributed by atoms with van der Waals surface area (Å²) in [5, 5.41) is 10.5. The summed E-state index contributed by atoms with van der Waals surface area (Å²) in [4.78, 5) is 29.9. The number of fused-ring (bicyclic) bond motifs is 1. The van der Waals surface area contributed by atoms with Gasteiger partial charge in [0.1, 0.15) is 17.0 Å². The molecule has 1 N–H and O–H groups in total. The van der Waals surface area contributed by atoms with Gasteiger partial charge in [0.2, 0.25) is 11.3 Å². The lowest BCUT2D eigenvalue weighted by Crippen LogP contribution is -2.24. The molecule has 0 aliphatic rings. The minimum absolute atomic E-state index is 0.0479. The van der Waals surface area contributed by atoms with Gasteiger partial charge in [0.05, 0.1) is 11.8 Å². The van der Waals surface area contributed by atoms with Crippen molar-refractivity contribution in [1.82, 2.24) is 19.7 Å². The summed E-state index contributed by atoms with van der Waals surface area (Å²) in [5.41, 5.74) is 1.61. The molecule has 4 aromatic rings. The molecule has 3 heterocycles. The zero-order valence-corrected chi connectivity index (χ0v) is 16.3. The quantitative estimate of drug-likeness (QED) is 0.545. The van der Waals surface area contributed by atoms with Crippen LogP contribution < -0.4 is 10.7 Å². The first-order valence-corrected chi connectivity index (χ1v) is 9.33. The molecule has 8 nitrogen and oxygen atoms in total. The smallest absolute Gasteiger partial charge is 0.322 e. The van der Waals surface area contributed by atoms with E-state index in [2.05, 4.69) is 20.5 Å². The Hall–Kier alpha value is -3.88. The zero-order valence-electron chi connectivity index (χ0n) is 16.3. The molecule has 0 saturated heterocycles. The van der Waals surface area contributed by atoms with E-state index in [0.29, 0.717) is 17.6 Å². The lowest BCUT2D eigenvalue weighted by Gasteiger charge is -2.10. The standard InChI is InChI=1S/C21H18FN5O3/c1-3-27-11-16(18(28)15-9-4-12(2)23-19(15)27)20(29)24-21-26-25-17(30-21)10-13-5-7-14(22)8-6-13/h4-9,11H,3,10H2,1-2H3,(H,24,26,29). The maximum atomic E-state index is 13.0. The van der Waals surface area contributed by atoms with Crippen molar-refractivity contribution in [3.05, 3.63) is 81.3 Å². The Morgan fingerprint density at radius 2 is 1.93 bits per heavy atom. The minimum Gasteiger partial charge on any atom is -0.407 e. The van der Waals surface area contributed by atoms with E-state index in [1.54, 1.807) is 28.8 Å². The molecule has 30 heavy (non-hydrogen) atoms. The second-order valence-corrected chi connectivity index (χ2v) is 6.74. The number of aromatic nitrogens is 4. The van der Waals surface area contributed by atoms with Gasteiger partial charge in [-0.25, -0.2) is 9.37 Å². The number of hydrogen-bond acceptors (Lipinski definition) is 6. The van der Waals surface area contributed by atoms with Gasteiger partial charge in [-0.05, 0) is 43.7 Å². The van der Waals surface area contributed by atoms with Crippen LogP contribution in [0.1, 0.15) is 34.4 Å². The molecule has 0 fully saturated rings. The summed E-state index contributed by atoms with van der Waals surface area (Å²) in [5.74, 6) is -0.738. The normalized spacial score (nSPS) is 11.0. The molecule has 4 rings (SSSR count). The number of pyridine rings is 2. The minimum atomic E-state index is -0.651. The summed E-state index contributed by atoms with van der Waals surface area (Å²) >= 11 is 0. The van der Waals surface area contributed by atoms with E-state index in [1.165, 1.54) is 18.3 Å². The van der Waals surface area contributed by atoms with Gasteiger partial charge in [0.25, 0.3) is 5.91 Å². The number of nitrogens with one attached hydrogen (secondary N) is 1. The lowest BCUT2D eigenvalue weighted by atomic mass is 10.1. The number of aryl methyl sites for hydroxylation is 2. The van der Waals surface area contributed by atoms with Crippen molar-refractivity contribution in [3.8, 4) is 0 Å². The summed E-state index contributed by atoms with van der Waals surface area (Å²) < 4.78 is 20.2. The molecular formula is C21H18FN5O3. The monoisotopic (exact) mass is 407 g/mol. The van der Waals surface area contributed by atoms with Gasteiger partial charge in [-0.15, -0.1) is 5.10 Å². The van der Waals surface area contributed by atoms with Gasteiger partial charge in [0.15, 0.2) is 0 Å². The predicted octanol–water partition coefficient (Wildman–Crippen LogP) is 3.09. The Labute approximate surface area is 170 Å². The molecule has 0 saturated carbocycles. The maximum Gasteiger partial charge on any atom is 0.322 e. The maximum absolute atomic E-state index is 13.0. The van der Waals surface area contributed by atoms with Gasteiger partial charge >= 0.3 is 6.01 Å². The number of carbonyl (C=O) groups is 1. The molecule has 3 aromatic heterocycles. The first kappa shape index (κ1) is 19.4. The Bertz CT molecular complexity index is 1290. The molecule has 0 bridgehead atoms. The van der Waals surface area contributed by atoms with Crippen molar-refractivity contribution in [1.29, 1.82) is 0 Å². The van der Waals surface area contributed by atoms with Crippen LogP contribution in [0.15, 0.2) is 51.8 Å². The van der Waals surface area contributed by atoms with Crippen LogP contribution >= 0.6 is 0 Å². The second-order valence-electron chi connectivity index (χ2n) is 6.74. The number of hydrogen-bond donors (Lipinski definition) is 1. The summed E-state index contributed by atoms with van der Waals surface area (Å²) in [6.45, 7) is 4.27. The van der Waals surface area contributed by atoms with Crippen LogP contribution in [0, 0.1) is 12.7 Å². The van der Waals surface area contributed by atoms with Crippen LogP contribution in [-0.4, -0.2) is 25.7 Å². The van der Waals surface area contributed by atoms with Gasteiger partial charge in [0, 0.05) is 18.4 Å². The Kier molecular flexibility index (Phi) is 5.09. The van der Waals surface area contributed by atoms with Crippen molar-refractivity contribution in [2.24, 2.45) is 0 Å². The van der Waals surface area contributed by atoms with Crippen molar-refractivity contribution in [2.45, 2.75) is 26.8 Å². The van der Waals surface area contributed by atoms with Crippen molar-refractivity contribution < 1.29 is 13.6 Å². The van der Waals surface area contributed by atoms with Gasteiger partial charge < -0.3 is 8.98 Å². The Morgan fingerprint density at radius 3 is 2.67 bits per heavy atom. The second kappa shape index (κ2) is 7.86. The molecule has 0 unspecified atom stereocenters. The molecule has 152 valence electrons. The number of rotatable bonds is 5. The highest BCUT2D eigenvalue weighted by molar-refractivity contribution is 6.04. The topological polar surface area (TPSA) is 103 Å². The third-order valence-electron chi connectivity index (χ3n) is 4.60. The van der Waals surface area contributed by atoms with E-state index in [1.807, 2.05) is 13.8 Å². The number of anilines is 1. The summed E-state index contributed by atoms with van der Waals surface area (Å²) in [7, 11) is 0. The summed E-state index contributed by atoms with van der Waals surface area (Å²) in [6, 6.07) is 9.15. The van der Waals surface area contributed by atoms with Crippen LogP contribution in [0.4, 0.5) is 10.4 Å². The number of carbonyl (C=O) groups excluding carboxylic acids is 1. The number of benzene rings is 1. The molecule has 0 radical (unpaired) electrons. The van der Waals surface area contributed by atoms with E-state index in [0.717, 1.165) is 11.3 Å². The van der Waals surface area contributed by atoms with Crippen LogP contribution in [-0.2, 0) is 13.0 Å². The third-order valence-corrected chi connectivity index (χ3v) is 4.60. The third kappa shape index (κ3) is 3.82. The molecule has 0 aliphatic carbocycles. The average Bonchev–Trinajstić information content (AvgIpc) is 3.16. The average molecular weight is 407 g/mol. The molecule has 1 aromatic carbocycles. The van der Waals surface area contributed by atoms with Gasteiger partial charge in [-0.1, -0.05) is 17.2 Å². The lowest BCUT2D eigenvalue weighted by molar-refractivity contribution is 0.102. The van der Waals surface area contributed by atoms with E-state index >= 15 is 0 Å². The van der Waals surface area contributed by atoms with Crippen LogP contribution in [0.25, 0.3) is 11.0 Å². The van der Waals surface area contributed by atoms with E-state index in [4.69, 9.17) is 4.42 Å². The first-order valence-electron chi connectivity index (χ1n) is 9.33. The Morgan fingerprint density at radius 1 is 1.17 bits per heavy atom. The van der Waals surface area contributed by atoms with Crippen LogP contribution in [0.5, 0.6) is 0 Å². The van der Waals surface area contributed by atoms with E-state index in [9.17, 15) is 14.0 Å². The van der Waals surface area contributed by atoms with Crippen molar-refractivity contribution >= 4 is 23.0 Å². The van der Waals surface area contributed by atoms with Crippen LogP contribution in [0.3, 0.4) is 0 Å². The van der Waals surface area contributed by atoms with E-state index in [-0.39, 0.29) is 29.7 Å². The molecule has 9 heteroatoms. The fraction of sp³-hybridized carbons (Fsp3) is 0.190. The molecule has 0 atom stereocenters. The van der Waals surface area contributed by atoms with Crippen LogP contribution in [0.2, 0.25) is 0 Å². The molecular weight excluding hydrogens is 389 g/mol. The predicted molar refractivity (Wildman–Crippen MR) is 108 cm³/mol. The SMILES string of the molecule is CCn1cc(C(=O)Nc2nnc(Cc3ccc(F)cc3)o2)c(=O)c2ccc(C)nc21. The van der Waals surface area contributed by atoms with E-state index < -0.39 is 11.3 Å². The van der Waals surface area contributed by atoms with Crippen molar-refractivity contribution in [2.75, 3.05) is 5.32 Å². The first-order chi connectivity index (χ1) is 14.4. The van der Waals surface area contributed by atoms with Gasteiger partial charge in [-0.3, -0.25) is 14.9 Å². The molecule has 1 amide bonds. The highest BCUT2D eigenvalue weighted by atomic mass is 19.1. The molecule has 0 aliphatic heterocycles. The largest absolute Gasteiger partial charge is 0.407 e. The van der Waals surface area contributed by atoms with Crippen molar-refractivity contribution in [3.63, 3.8) is 0 Å². The highest BCUT2D eigenvalue weighted by Crippen LogP contribution is 2.14. The molecule has 0 spiro atoms. The fourth-order valence-corrected chi connectivity index (χ4v) is 3.08. The highest BCUT2D eigenvalue weighted by Gasteiger charge is 2.18. The summed E-state index contributed by atoms with van der Waals surface area (Å²) in [6.07, 6.45) is 1.76. The fourth-order valence-electron chi connectivity index (χ4n) is 3.08.